The summed E-state index contributed by atoms with van der Waals surface area (Å²) in [6.07, 6.45) is -3.56. The number of halogens is 4. The summed E-state index contributed by atoms with van der Waals surface area (Å²) in [6.45, 7) is 0. The lowest BCUT2D eigenvalue weighted by molar-refractivity contribution is -0.138. The number of hydrogen-bond donors (Lipinski definition) is 0. The minimum absolute atomic E-state index is 0.269. The van der Waals surface area contributed by atoms with Crippen LogP contribution in [-0.4, -0.2) is 11.4 Å². The average molecular weight is 272 g/mol. The maximum Gasteiger partial charge on any atom is 0.416 e. The van der Waals surface area contributed by atoms with Gasteiger partial charge in [0.1, 0.15) is 0 Å². The van der Waals surface area contributed by atoms with Crippen LogP contribution in [0.25, 0.3) is 0 Å². The first-order valence-electron chi connectivity index (χ1n) is 4.78. The molecule has 3 nitrogen and oxygen atoms in total. The van der Waals surface area contributed by atoms with Gasteiger partial charge >= 0.3 is 6.18 Å². The minimum atomic E-state index is -4.58. The molecule has 1 aliphatic heterocycles. The van der Waals surface area contributed by atoms with Crippen LogP contribution in [0.1, 0.15) is 11.1 Å². The number of nitriles is 1. The summed E-state index contributed by atoms with van der Waals surface area (Å²) in [6, 6.07) is 6.48. The van der Waals surface area contributed by atoms with Crippen LogP contribution < -0.4 is 0 Å². The van der Waals surface area contributed by atoms with Crippen molar-refractivity contribution in [3.63, 3.8) is 0 Å². The molecule has 0 amide bonds. The zero-order valence-corrected chi connectivity index (χ0v) is 9.50. The molecule has 92 valence electrons. The van der Waals surface area contributed by atoms with Crippen molar-refractivity contribution in [2.75, 3.05) is 0 Å². The summed E-state index contributed by atoms with van der Waals surface area (Å²) in [4.78, 5) is 0. The van der Waals surface area contributed by atoms with Crippen molar-refractivity contribution in [1.29, 1.82) is 5.26 Å². The predicted molar refractivity (Wildman–Crippen MR) is 60.5 cm³/mol. The number of rotatable bonds is 1. The van der Waals surface area contributed by atoms with E-state index >= 15 is 0 Å². The molecule has 1 atom stereocenters. The molecule has 1 unspecified atom stereocenters. The van der Waals surface area contributed by atoms with E-state index in [1.165, 1.54) is 18.2 Å². The van der Waals surface area contributed by atoms with Gasteiger partial charge in [0, 0.05) is 0 Å². The highest BCUT2D eigenvalue weighted by molar-refractivity contribution is 6.70. The van der Waals surface area contributed by atoms with Gasteiger partial charge in [-0.1, -0.05) is 29.8 Å². The van der Waals surface area contributed by atoms with E-state index < -0.39 is 17.2 Å². The van der Waals surface area contributed by atoms with Gasteiger partial charge in [0.15, 0.2) is 10.6 Å². The van der Waals surface area contributed by atoms with Crippen molar-refractivity contribution in [1.82, 2.24) is 0 Å². The molecular formula is C11H5ClF3N3. The Labute approximate surface area is 105 Å². The molecule has 0 radical (unpaired) electrons. The highest BCUT2D eigenvalue weighted by Crippen LogP contribution is 2.39. The maximum atomic E-state index is 12.9. The Morgan fingerprint density at radius 1 is 1.28 bits per heavy atom. The lowest BCUT2D eigenvalue weighted by Gasteiger charge is -2.21. The third kappa shape index (κ3) is 1.77. The first-order valence-corrected chi connectivity index (χ1v) is 5.16. The third-order valence-corrected chi connectivity index (χ3v) is 2.93. The zero-order chi connectivity index (χ0) is 13.4. The molecule has 18 heavy (non-hydrogen) atoms. The lowest BCUT2D eigenvalue weighted by Crippen LogP contribution is -2.33. The molecule has 1 aliphatic rings. The van der Waals surface area contributed by atoms with Crippen LogP contribution in [-0.2, 0) is 11.6 Å². The highest BCUT2D eigenvalue weighted by Gasteiger charge is 2.45. The number of alkyl halides is 3. The van der Waals surface area contributed by atoms with Gasteiger partial charge in [0.2, 0.25) is 0 Å². The monoisotopic (exact) mass is 271 g/mol. The third-order valence-electron chi connectivity index (χ3n) is 2.56. The van der Waals surface area contributed by atoms with Gasteiger partial charge < -0.3 is 0 Å². The smallest absolute Gasteiger partial charge is 0.196 e. The van der Waals surface area contributed by atoms with Gasteiger partial charge in [0.05, 0.1) is 17.8 Å². The molecule has 0 spiro atoms. The van der Waals surface area contributed by atoms with Crippen LogP contribution >= 0.6 is 11.6 Å². The molecule has 1 aromatic rings. The standard InChI is InChI=1S/C11H5ClF3N3/c12-9-10(5-16,6-17-18-9)7-3-1-2-4-8(7)11(13,14)15/h1-4,6H. The second kappa shape index (κ2) is 4.10. The summed E-state index contributed by atoms with van der Waals surface area (Å²) in [7, 11) is 0. The molecule has 0 bridgehead atoms. The molecular weight excluding hydrogens is 267 g/mol. The SMILES string of the molecule is N#CC1(c2ccccc2C(F)(F)F)C=NN=C1Cl. The molecule has 0 fully saturated rings. The number of nitrogens with zero attached hydrogens (tertiary/aromatic N) is 3. The first kappa shape index (κ1) is 12.6. The van der Waals surface area contributed by atoms with Crippen LogP contribution in [0.15, 0.2) is 34.5 Å². The van der Waals surface area contributed by atoms with Crippen molar-refractivity contribution < 1.29 is 13.2 Å². The van der Waals surface area contributed by atoms with E-state index in [0.29, 0.717) is 0 Å². The van der Waals surface area contributed by atoms with Gasteiger partial charge in [-0.15, -0.1) is 5.10 Å². The van der Waals surface area contributed by atoms with Crippen molar-refractivity contribution in [2.24, 2.45) is 10.2 Å². The van der Waals surface area contributed by atoms with E-state index in [4.69, 9.17) is 16.9 Å². The van der Waals surface area contributed by atoms with E-state index in [1.54, 1.807) is 6.07 Å². The summed E-state index contributed by atoms with van der Waals surface area (Å²) < 4.78 is 38.7. The molecule has 0 saturated heterocycles. The maximum absolute atomic E-state index is 12.9. The topological polar surface area (TPSA) is 48.5 Å². The van der Waals surface area contributed by atoms with Crippen molar-refractivity contribution in [3.05, 3.63) is 35.4 Å². The van der Waals surface area contributed by atoms with Crippen molar-refractivity contribution >= 4 is 23.0 Å². The largest absolute Gasteiger partial charge is 0.416 e. The molecule has 7 heteroatoms. The Hall–Kier alpha value is -1.87. The van der Waals surface area contributed by atoms with Crippen molar-refractivity contribution in [3.8, 4) is 6.07 Å². The van der Waals surface area contributed by atoms with E-state index in [-0.39, 0.29) is 10.7 Å². The van der Waals surface area contributed by atoms with E-state index in [2.05, 4.69) is 10.2 Å². The van der Waals surface area contributed by atoms with E-state index in [9.17, 15) is 13.2 Å². The Bertz CT molecular complexity index is 586. The summed E-state index contributed by atoms with van der Waals surface area (Å²) in [5.74, 6) is 0. The highest BCUT2D eigenvalue weighted by atomic mass is 35.5. The normalized spacial score (nSPS) is 22.7. The molecule has 0 aromatic heterocycles. The fourth-order valence-electron chi connectivity index (χ4n) is 1.69. The predicted octanol–water partition coefficient (Wildman–Crippen LogP) is 3.10. The quantitative estimate of drug-likeness (QED) is 0.774. The molecule has 1 aromatic carbocycles. The first-order chi connectivity index (χ1) is 8.42. The van der Waals surface area contributed by atoms with Crippen LogP contribution in [0.4, 0.5) is 13.2 Å². The van der Waals surface area contributed by atoms with Gasteiger partial charge in [-0.25, -0.2) is 0 Å². The Morgan fingerprint density at radius 2 is 1.94 bits per heavy atom. The molecule has 0 saturated carbocycles. The van der Waals surface area contributed by atoms with E-state index in [0.717, 1.165) is 12.3 Å². The summed E-state index contributed by atoms with van der Waals surface area (Å²) in [5.41, 5.74) is -2.95. The minimum Gasteiger partial charge on any atom is -0.196 e. The molecule has 1 heterocycles. The zero-order valence-electron chi connectivity index (χ0n) is 8.74. The number of benzene rings is 1. The lowest BCUT2D eigenvalue weighted by atomic mass is 9.81. The fraction of sp³-hybridized carbons (Fsp3) is 0.182. The van der Waals surface area contributed by atoms with Gasteiger partial charge in [-0.3, -0.25) is 0 Å². The summed E-state index contributed by atoms with van der Waals surface area (Å²) >= 11 is 5.73. The van der Waals surface area contributed by atoms with Crippen LogP contribution in [0.3, 0.4) is 0 Å². The Balaban J connectivity index is 2.70. The molecule has 2 rings (SSSR count). The van der Waals surface area contributed by atoms with Crippen LogP contribution in [0, 0.1) is 11.3 Å². The average Bonchev–Trinajstić information content (AvgIpc) is 2.70. The molecule has 0 N–H and O–H groups in total. The van der Waals surface area contributed by atoms with Gasteiger partial charge in [0.25, 0.3) is 0 Å². The van der Waals surface area contributed by atoms with Crippen LogP contribution in [0.2, 0.25) is 0 Å². The van der Waals surface area contributed by atoms with E-state index in [1.807, 2.05) is 0 Å². The van der Waals surface area contributed by atoms with Crippen molar-refractivity contribution in [2.45, 2.75) is 11.6 Å². The molecule has 0 aliphatic carbocycles. The Morgan fingerprint density at radius 3 is 2.44 bits per heavy atom. The second-order valence-electron chi connectivity index (χ2n) is 3.60. The van der Waals surface area contributed by atoms with Gasteiger partial charge in [-0.05, 0) is 11.6 Å². The van der Waals surface area contributed by atoms with Gasteiger partial charge in [-0.2, -0.15) is 23.5 Å². The van der Waals surface area contributed by atoms with Crippen LogP contribution in [0.5, 0.6) is 0 Å². The fourth-order valence-corrected chi connectivity index (χ4v) is 1.92. The second-order valence-corrected chi connectivity index (χ2v) is 3.96. The summed E-state index contributed by atoms with van der Waals surface area (Å²) in [5, 5.41) is 15.7. The Kier molecular flexibility index (Phi) is 2.87. The number of hydrogen-bond acceptors (Lipinski definition) is 3.